The lowest BCUT2D eigenvalue weighted by molar-refractivity contribution is -0.385. The van der Waals surface area contributed by atoms with Crippen molar-refractivity contribution in [1.82, 2.24) is 14.9 Å². The van der Waals surface area contributed by atoms with Crippen molar-refractivity contribution in [1.29, 1.82) is 0 Å². The van der Waals surface area contributed by atoms with Gasteiger partial charge in [0, 0.05) is 32.2 Å². The normalized spacial score (nSPS) is 20.2. The van der Waals surface area contributed by atoms with Crippen LogP contribution in [0.25, 0.3) is 0 Å². The second kappa shape index (κ2) is 5.14. The molecule has 1 aliphatic carbocycles. The number of nitro groups is 1. The van der Waals surface area contributed by atoms with Crippen molar-refractivity contribution in [3.05, 3.63) is 21.1 Å². The summed E-state index contributed by atoms with van der Waals surface area (Å²) < 4.78 is 0. The van der Waals surface area contributed by atoms with E-state index in [1.165, 1.54) is 12.8 Å². The van der Waals surface area contributed by atoms with E-state index in [2.05, 4.69) is 14.9 Å². The van der Waals surface area contributed by atoms with Crippen molar-refractivity contribution in [2.75, 3.05) is 31.1 Å². The average molecular weight is 298 g/mol. The third-order valence-corrected chi connectivity index (χ3v) is 4.04. The molecule has 1 aliphatic heterocycles. The molecule has 1 aromatic rings. The van der Waals surface area contributed by atoms with Gasteiger partial charge in [-0.05, 0) is 31.4 Å². The zero-order chi connectivity index (χ0) is 14.3. The van der Waals surface area contributed by atoms with Crippen LogP contribution in [0.15, 0.2) is 0 Å². The van der Waals surface area contributed by atoms with Gasteiger partial charge in [-0.3, -0.25) is 15.0 Å². The van der Waals surface area contributed by atoms with Crippen molar-refractivity contribution in [3.8, 4) is 0 Å². The zero-order valence-corrected chi connectivity index (χ0v) is 12.0. The van der Waals surface area contributed by atoms with E-state index in [0.717, 1.165) is 32.2 Å². The summed E-state index contributed by atoms with van der Waals surface area (Å²) in [5.74, 6) is 0.350. The first-order chi connectivity index (χ1) is 9.56. The van der Waals surface area contributed by atoms with Gasteiger partial charge in [-0.15, -0.1) is 0 Å². The molecule has 0 spiro atoms. The van der Waals surface area contributed by atoms with Gasteiger partial charge in [0.25, 0.3) is 0 Å². The van der Waals surface area contributed by atoms with Gasteiger partial charge in [-0.2, -0.15) is 4.98 Å². The molecule has 20 heavy (non-hydrogen) atoms. The first kappa shape index (κ1) is 13.5. The molecule has 0 bridgehead atoms. The predicted octanol–water partition coefficient (Wildman–Crippen LogP) is 1.63. The van der Waals surface area contributed by atoms with E-state index in [1.54, 1.807) is 6.92 Å². The van der Waals surface area contributed by atoms with Crippen molar-refractivity contribution in [2.45, 2.75) is 25.8 Å². The van der Waals surface area contributed by atoms with E-state index in [9.17, 15) is 10.1 Å². The molecule has 1 aromatic heterocycles. The van der Waals surface area contributed by atoms with Crippen molar-refractivity contribution < 1.29 is 4.92 Å². The Kier molecular flexibility index (Phi) is 3.47. The maximum atomic E-state index is 11.2. The van der Waals surface area contributed by atoms with E-state index in [0.29, 0.717) is 11.5 Å². The Hall–Kier alpha value is -1.47. The number of hydrogen-bond acceptors (Lipinski definition) is 6. The van der Waals surface area contributed by atoms with E-state index in [4.69, 9.17) is 11.6 Å². The lowest BCUT2D eigenvalue weighted by Gasteiger charge is -2.35. The van der Waals surface area contributed by atoms with E-state index in [1.807, 2.05) is 4.90 Å². The highest BCUT2D eigenvalue weighted by atomic mass is 35.5. The number of nitrogens with zero attached hydrogens (tertiary/aromatic N) is 5. The number of aryl methyl sites for hydroxylation is 1. The summed E-state index contributed by atoms with van der Waals surface area (Å²) in [6.45, 7) is 4.91. The minimum absolute atomic E-state index is 0.0331. The third-order valence-electron chi connectivity index (χ3n) is 3.87. The lowest BCUT2D eigenvalue weighted by Crippen LogP contribution is -2.47. The van der Waals surface area contributed by atoms with Crippen LogP contribution in [-0.2, 0) is 0 Å². The number of aromatic nitrogens is 2. The monoisotopic (exact) mass is 297 g/mol. The molecule has 0 N–H and O–H groups in total. The van der Waals surface area contributed by atoms with Crippen LogP contribution in [0.2, 0.25) is 5.28 Å². The standard InChI is InChI=1S/C12H16ClN5O2/c1-8-10(18(19)20)11(15-12(13)14-8)17-6-4-16(5-7-17)9-2-3-9/h9H,2-7H2,1H3. The number of rotatable bonds is 3. The molecular weight excluding hydrogens is 282 g/mol. The molecule has 0 unspecified atom stereocenters. The Morgan fingerprint density at radius 1 is 1.25 bits per heavy atom. The number of halogens is 1. The summed E-state index contributed by atoms with van der Waals surface area (Å²) >= 11 is 5.85. The molecule has 0 aromatic carbocycles. The molecule has 0 radical (unpaired) electrons. The van der Waals surface area contributed by atoms with Gasteiger partial charge in [0.1, 0.15) is 5.69 Å². The third kappa shape index (κ3) is 2.55. The molecule has 2 aliphatic rings. The van der Waals surface area contributed by atoms with Crippen LogP contribution in [0.5, 0.6) is 0 Å². The second-order valence-corrected chi connectivity index (χ2v) is 5.60. The van der Waals surface area contributed by atoms with Gasteiger partial charge in [0.15, 0.2) is 0 Å². The Morgan fingerprint density at radius 2 is 1.90 bits per heavy atom. The quantitative estimate of drug-likeness (QED) is 0.479. The molecule has 1 saturated carbocycles. The van der Waals surface area contributed by atoms with Gasteiger partial charge in [0.2, 0.25) is 11.1 Å². The molecule has 8 heteroatoms. The highest BCUT2D eigenvalue weighted by Gasteiger charge is 2.34. The first-order valence-corrected chi connectivity index (χ1v) is 7.11. The molecule has 108 valence electrons. The summed E-state index contributed by atoms with van der Waals surface area (Å²) in [4.78, 5) is 23.2. The van der Waals surface area contributed by atoms with Crippen LogP contribution in [0, 0.1) is 17.0 Å². The lowest BCUT2D eigenvalue weighted by atomic mass is 10.2. The van der Waals surface area contributed by atoms with Gasteiger partial charge in [-0.1, -0.05) is 0 Å². The maximum Gasteiger partial charge on any atom is 0.332 e. The zero-order valence-electron chi connectivity index (χ0n) is 11.3. The first-order valence-electron chi connectivity index (χ1n) is 6.74. The topological polar surface area (TPSA) is 75.4 Å². The summed E-state index contributed by atoms with van der Waals surface area (Å²) in [5.41, 5.74) is 0.281. The molecule has 3 rings (SSSR count). The summed E-state index contributed by atoms with van der Waals surface area (Å²) in [6.07, 6.45) is 2.55. The highest BCUT2D eigenvalue weighted by molar-refractivity contribution is 6.28. The number of anilines is 1. The van der Waals surface area contributed by atoms with Gasteiger partial charge in [0.05, 0.1) is 4.92 Å². The Morgan fingerprint density at radius 3 is 2.45 bits per heavy atom. The number of hydrogen-bond donors (Lipinski definition) is 0. The SMILES string of the molecule is Cc1nc(Cl)nc(N2CCN(C3CC3)CC2)c1[N+](=O)[O-]. The number of piperazine rings is 1. The summed E-state index contributed by atoms with van der Waals surface area (Å²) in [7, 11) is 0. The molecule has 2 fully saturated rings. The van der Waals surface area contributed by atoms with Crippen LogP contribution in [0.4, 0.5) is 11.5 Å². The smallest absolute Gasteiger partial charge is 0.332 e. The molecule has 2 heterocycles. The Bertz CT molecular complexity index is 541. The van der Waals surface area contributed by atoms with E-state index in [-0.39, 0.29) is 11.0 Å². The van der Waals surface area contributed by atoms with Gasteiger partial charge >= 0.3 is 5.69 Å². The van der Waals surface area contributed by atoms with Crippen LogP contribution < -0.4 is 4.90 Å². The fraction of sp³-hybridized carbons (Fsp3) is 0.667. The minimum Gasteiger partial charge on any atom is -0.348 e. The van der Waals surface area contributed by atoms with Crippen LogP contribution in [0.1, 0.15) is 18.5 Å². The fourth-order valence-corrected chi connectivity index (χ4v) is 2.90. The molecule has 0 amide bonds. The second-order valence-electron chi connectivity index (χ2n) is 5.26. The Labute approximate surface area is 121 Å². The molecule has 1 saturated heterocycles. The Balaban J connectivity index is 1.84. The van der Waals surface area contributed by atoms with Gasteiger partial charge < -0.3 is 4.90 Å². The molecule has 7 nitrogen and oxygen atoms in total. The van der Waals surface area contributed by atoms with Crippen molar-refractivity contribution in [2.24, 2.45) is 0 Å². The summed E-state index contributed by atoms with van der Waals surface area (Å²) in [6, 6.07) is 0.725. The minimum atomic E-state index is -0.422. The highest BCUT2D eigenvalue weighted by Crippen LogP contribution is 2.32. The van der Waals surface area contributed by atoms with Crippen molar-refractivity contribution in [3.63, 3.8) is 0 Å². The maximum absolute atomic E-state index is 11.2. The molecular formula is C12H16ClN5O2. The van der Waals surface area contributed by atoms with Crippen LogP contribution >= 0.6 is 11.6 Å². The molecule has 0 atom stereocenters. The van der Waals surface area contributed by atoms with Crippen molar-refractivity contribution >= 4 is 23.1 Å². The van der Waals surface area contributed by atoms with E-state index < -0.39 is 4.92 Å². The van der Waals surface area contributed by atoms with Crippen LogP contribution in [-0.4, -0.2) is 52.0 Å². The van der Waals surface area contributed by atoms with E-state index >= 15 is 0 Å². The fourth-order valence-electron chi connectivity index (χ4n) is 2.69. The van der Waals surface area contributed by atoms with Crippen LogP contribution in [0.3, 0.4) is 0 Å². The van der Waals surface area contributed by atoms with Gasteiger partial charge in [-0.25, -0.2) is 4.98 Å². The average Bonchev–Trinajstić information content (AvgIpc) is 3.21. The summed E-state index contributed by atoms with van der Waals surface area (Å²) in [5, 5.41) is 11.3. The predicted molar refractivity (Wildman–Crippen MR) is 75.2 cm³/mol. The largest absolute Gasteiger partial charge is 0.348 e.